The molecule has 2 aliphatic rings. The van der Waals surface area contributed by atoms with E-state index in [-0.39, 0.29) is 30.1 Å². The maximum Gasteiger partial charge on any atom is 0.377 e. The number of nitrogens with zero attached hydrogens (tertiary/aromatic N) is 1. The fraction of sp³-hybridized carbons (Fsp3) is 0.727. The molecule has 2 fully saturated rings. The van der Waals surface area contributed by atoms with Gasteiger partial charge in [0.15, 0.2) is 0 Å². The van der Waals surface area contributed by atoms with Gasteiger partial charge in [0.2, 0.25) is 17.6 Å². The molecule has 1 unspecified atom stereocenters. The van der Waals surface area contributed by atoms with Gasteiger partial charge in [0.05, 0.1) is 12.6 Å². The van der Waals surface area contributed by atoms with E-state index in [1.54, 1.807) is 20.8 Å². The minimum atomic E-state index is -1.28. The Morgan fingerprint density at radius 3 is 2.04 bits per heavy atom. The Hall–Kier alpha value is -3.77. The average molecular weight is 648 g/mol. The Bertz CT molecular complexity index is 1250. The summed E-state index contributed by atoms with van der Waals surface area (Å²) in [6, 6.07) is -3.70. The topological polar surface area (TPSA) is 180 Å². The van der Waals surface area contributed by atoms with E-state index in [0.29, 0.717) is 6.54 Å². The first kappa shape index (κ1) is 38.4. The Balaban J connectivity index is 2.26. The van der Waals surface area contributed by atoms with Gasteiger partial charge in [-0.15, -0.1) is 6.58 Å². The first-order valence-corrected chi connectivity index (χ1v) is 15.7. The van der Waals surface area contributed by atoms with Crippen LogP contribution in [0, 0.1) is 22.7 Å². The van der Waals surface area contributed by atoms with Crippen LogP contribution in [-0.2, 0) is 33.5 Å². The van der Waals surface area contributed by atoms with Crippen LogP contribution in [0.15, 0.2) is 12.7 Å². The molecule has 0 aromatic heterocycles. The number of hydrogen-bond acceptors (Lipinski definition) is 8. The summed E-state index contributed by atoms with van der Waals surface area (Å²) < 4.78 is 4.99. The molecule has 0 aromatic carbocycles. The number of carbonyl (C=O) groups is 7. The molecule has 1 saturated carbocycles. The second kappa shape index (κ2) is 13.9. The summed E-state index contributed by atoms with van der Waals surface area (Å²) >= 11 is 0. The molecule has 1 saturated heterocycles. The quantitative estimate of drug-likeness (QED) is 0.141. The lowest BCUT2D eigenvalue weighted by atomic mass is 9.85. The number of allylic oxidation sites excluding steroid dienone is 1. The van der Waals surface area contributed by atoms with Gasteiger partial charge in [-0.25, -0.2) is 9.59 Å². The number of Topliss-reactive ketones (excluding diaryl/α,β-unsaturated/α-hetero) is 2. The second-order valence-electron chi connectivity index (χ2n) is 15.9. The van der Waals surface area contributed by atoms with Gasteiger partial charge in [0.25, 0.3) is 11.7 Å². The third kappa shape index (κ3) is 9.86. The first-order chi connectivity index (χ1) is 20.8. The number of esters is 1. The Labute approximate surface area is 272 Å². The lowest BCUT2D eigenvalue weighted by Gasteiger charge is -2.38. The number of urea groups is 1. The molecule has 5 amide bonds. The van der Waals surface area contributed by atoms with Crippen molar-refractivity contribution in [3.05, 3.63) is 12.7 Å². The second-order valence-corrected chi connectivity index (χ2v) is 15.9. The fourth-order valence-electron chi connectivity index (χ4n) is 5.76. The Kier molecular flexibility index (Phi) is 11.6. The summed E-state index contributed by atoms with van der Waals surface area (Å²) in [5.41, 5.74) is -2.40. The maximum atomic E-state index is 14.1. The summed E-state index contributed by atoms with van der Waals surface area (Å²) in [6.45, 7) is 22.9. The maximum absolute atomic E-state index is 14.1. The summed E-state index contributed by atoms with van der Waals surface area (Å²) in [5.74, 6) is -5.55. The van der Waals surface area contributed by atoms with Crippen LogP contribution in [0.1, 0.15) is 89.0 Å². The van der Waals surface area contributed by atoms with Crippen molar-refractivity contribution in [3.63, 3.8) is 0 Å². The zero-order valence-corrected chi connectivity index (χ0v) is 29.2. The highest BCUT2D eigenvalue weighted by Gasteiger charge is 2.70. The molecule has 258 valence electrons. The number of ketones is 2. The van der Waals surface area contributed by atoms with Crippen LogP contribution in [0.3, 0.4) is 0 Å². The predicted molar refractivity (Wildman–Crippen MR) is 171 cm³/mol. The number of rotatable bonds is 12. The number of piperidine rings is 1. The molecular formula is C33H53N5O8. The van der Waals surface area contributed by atoms with Crippen molar-refractivity contribution in [1.82, 2.24) is 26.2 Å². The van der Waals surface area contributed by atoms with Crippen LogP contribution >= 0.6 is 0 Å². The molecule has 1 aliphatic heterocycles. The largest absolute Gasteiger partial charge is 0.454 e. The van der Waals surface area contributed by atoms with Crippen molar-refractivity contribution < 1.29 is 38.3 Å². The molecule has 46 heavy (non-hydrogen) atoms. The molecule has 2 rings (SSSR count). The van der Waals surface area contributed by atoms with Gasteiger partial charge in [-0.2, -0.15) is 0 Å². The van der Waals surface area contributed by atoms with Crippen molar-refractivity contribution in [2.45, 2.75) is 118 Å². The first-order valence-electron chi connectivity index (χ1n) is 15.7. The minimum Gasteiger partial charge on any atom is -0.454 e. The van der Waals surface area contributed by atoms with E-state index >= 15 is 0 Å². The van der Waals surface area contributed by atoms with E-state index in [4.69, 9.17) is 4.74 Å². The Morgan fingerprint density at radius 1 is 0.957 bits per heavy atom. The van der Waals surface area contributed by atoms with Gasteiger partial charge in [0, 0.05) is 12.1 Å². The predicted octanol–water partition coefficient (Wildman–Crippen LogP) is 2.03. The van der Waals surface area contributed by atoms with E-state index in [0.717, 1.165) is 0 Å². The zero-order valence-electron chi connectivity index (χ0n) is 29.2. The molecule has 4 N–H and O–H groups in total. The van der Waals surface area contributed by atoms with Gasteiger partial charge >= 0.3 is 12.0 Å². The van der Waals surface area contributed by atoms with Crippen LogP contribution in [0.5, 0.6) is 0 Å². The standard InChI is InChI=1S/C33H53N5O8/c1-13-14-15-19(23(40)26(42)34-16-20(39)28(44)46-32(8,9)10)35-25(41)22-21-18(33(21,11)12)17-38(22)27(43)24(30(2,3)4)36-29(45)37-31(5,6)7/h13,18-19,21-22,24H,1,14-17H2,2-12H3,(H,34,42)(H,35,41)(H2,36,37,45)/t18-,19?,21-,22-,24+/m0/s1. The van der Waals surface area contributed by atoms with Crippen LogP contribution in [0.25, 0.3) is 0 Å². The number of likely N-dealkylation sites (tertiary alicyclic amines) is 1. The molecule has 13 nitrogen and oxygen atoms in total. The van der Waals surface area contributed by atoms with Gasteiger partial charge < -0.3 is 30.9 Å². The van der Waals surface area contributed by atoms with E-state index in [1.807, 2.05) is 55.4 Å². The smallest absolute Gasteiger partial charge is 0.377 e. The van der Waals surface area contributed by atoms with Crippen LogP contribution in [-0.4, -0.2) is 88.5 Å². The van der Waals surface area contributed by atoms with Gasteiger partial charge in [-0.3, -0.25) is 24.0 Å². The summed E-state index contributed by atoms with van der Waals surface area (Å²) in [4.78, 5) is 92.3. The van der Waals surface area contributed by atoms with Gasteiger partial charge in [-0.05, 0) is 77.0 Å². The molecule has 5 atom stereocenters. The highest BCUT2D eigenvalue weighted by molar-refractivity contribution is 6.40. The minimum absolute atomic E-state index is 0.0284. The Morgan fingerprint density at radius 2 is 1.54 bits per heavy atom. The lowest BCUT2D eigenvalue weighted by Crippen LogP contribution is -2.62. The van der Waals surface area contributed by atoms with Gasteiger partial charge in [0.1, 0.15) is 17.7 Å². The molecule has 0 radical (unpaired) electrons. The number of amides is 5. The average Bonchev–Trinajstić information content (AvgIpc) is 3.20. The molecule has 0 spiro atoms. The highest BCUT2D eigenvalue weighted by Crippen LogP contribution is 2.65. The molecule has 13 heteroatoms. The van der Waals surface area contributed by atoms with Crippen molar-refractivity contribution >= 4 is 41.3 Å². The molecule has 1 aliphatic carbocycles. The highest BCUT2D eigenvalue weighted by atomic mass is 16.6. The summed E-state index contributed by atoms with van der Waals surface area (Å²) in [7, 11) is 0. The molecule has 1 heterocycles. The van der Waals surface area contributed by atoms with Crippen molar-refractivity contribution in [2.24, 2.45) is 22.7 Å². The van der Waals surface area contributed by atoms with Gasteiger partial charge in [-0.1, -0.05) is 40.7 Å². The summed E-state index contributed by atoms with van der Waals surface area (Å²) in [6.07, 6.45) is 1.85. The number of ether oxygens (including phenoxy) is 1. The molecular weight excluding hydrogens is 594 g/mol. The van der Waals surface area contributed by atoms with Crippen molar-refractivity contribution in [2.75, 3.05) is 13.1 Å². The van der Waals surface area contributed by atoms with E-state index < -0.39 is 82.5 Å². The zero-order chi connectivity index (χ0) is 35.6. The van der Waals surface area contributed by atoms with Crippen LogP contribution in [0.2, 0.25) is 0 Å². The van der Waals surface area contributed by atoms with Crippen molar-refractivity contribution in [1.29, 1.82) is 0 Å². The van der Waals surface area contributed by atoms with Crippen LogP contribution in [0.4, 0.5) is 4.79 Å². The monoisotopic (exact) mass is 647 g/mol. The number of fused-ring (bicyclic) bond motifs is 1. The third-order valence-electron chi connectivity index (χ3n) is 8.19. The number of hydrogen-bond donors (Lipinski definition) is 4. The normalized spacial score (nSPS) is 21.5. The molecule has 0 aromatic rings. The van der Waals surface area contributed by atoms with E-state index in [9.17, 15) is 33.6 Å². The number of nitrogens with one attached hydrogen (secondary N) is 4. The van der Waals surface area contributed by atoms with E-state index in [2.05, 4.69) is 27.8 Å². The third-order valence-corrected chi connectivity index (χ3v) is 8.19. The SMILES string of the molecule is C=CCCC(NC(=O)[C@@H]1[C@@H]2[C@H](CN1C(=O)[C@@H](NC(=O)NC(C)(C)C)C(C)(C)C)C2(C)C)C(=O)C(=O)NCC(=O)C(=O)OC(C)(C)C. The number of carbonyl (C=O) groups excluding carboxylic acids is 7. The molecule has 0 bridgehead atoms. The van der Waals surface area contributed by atoms with E-state index in [1.165, 1.54) is 11.0 Å². The van der Waals surface area contributed by atoms with Crippen LogP contribution < -0.4 is 21.3 Å². The summed E-state index contributed by atoms with van der Waals surface area (Å²) in [5, 5.41) is 10.4. The lowest BCUT2D eigenvalue weighted by molar-refractivity contribution is -0.162. The fourth-order valence-corrected chi connectivity index (χ4v) is 5.76. The van der Waals surface area contributed by atoms with Crippen molar-refractivity contribution in [3.8, 4) is 0 Å².